The van der Waals surface area contributed by atoms with Gasteiger partial charge in [0.2, 0.25) is 0 Å². The minimum atomic E-state index is -0.0897. The molecule has 0 aromatic carbocycles. The first kappa shape index (κ1) is 7.28. The first-order chi connectivity index (χ1) is 4.84. The molecule has 0 atom stereocenters. The molecule has 1 amide bonds. The van der Waals surface area contributed by atoms with E-state index in [4.69, 9.17) is 4.84 Å². The Balaban J connectivity index is 2.21. The Labute approximate surface area is 60.0 Å². The van der Waals surface area contributed by atoms with Gasteiger partial charge in [0.25, 0.3) is 5.91 Å². The lowest BCUT2D eigenvalue weighted by atomic mass is 9.99. The summed E-state index contributed by atoms with van der Waals surface area (Å²) in [6, 6.07) is 0. The maximum absolute atomic E-state index is 10.9. The lowest BCUT2D eigenvalue weighted by Crippen LogP contribution is -2.27. The second-order valence-electron chi connectivity index (χ2n) is 2.13. The van der Waals surface area contributed by atoms with Crippen LogP contribution in [0.5, 0.6) is 0 Å². The molecule has 0 unspecified atom stereocenters. The van der Waals surface area contributed by atoms with Crippen LogP contribution in [0.1, 0.15) is 19.8 Å². The summed E-state index contributed by atoms with van der Waals surface area (Å²) < 4.78 is 0. The van der Waals surface area contributed by atoms with Gasteiger partial charge in [-0.2, -0.15) is 0 Å². The van der Waals surface area contributed by atoms with Gasteiger partial charge in [0.05, 0.1) is 6.61 Å². The van der Waals surface area contributed by atoms with Crippen molar-refractivity contribution in [2.24, 2.45) is 0 Å². The molecule has 3 nitrogen and oxygen atoms in total. The number of hydroxylamine groups is 1. The van der Waals surface area contributed by atoms with Crippen LogP contribution in [0.4, 0.5) is 0 Å². The smallest absolute Gasteiger partial charge is 0.270 e. The predicted octanol–water partition coefficient (Wildman–Crippen LogP) is 0.774. The van der Waals surface area contributed by atoms with Gasteiger partial charge in [-0.3, -0.25) is 9.63 Å². The molecule has 0 aliphatic heterocycles. The minimum absolute atomic E-state index is 0.0897. The Hall–Kier alpha value is -0.830. The molecule has 0 saturated heterocycles. The molecule has 10 heavy (non-hydrogen) atoms. The van der Waals surface area contributed by atoms with Gasteiger partial charge in [-0.15, -0.1) is 0 Å². The van der Waals surface area contributed by atoms with Crippen molar-refractivity contribution >= 4 is 5.91 Å². The molecule has 1 N–H and O–H groups in total. The molecule has 3 heteroatoms. The first-order valence-electron chi connectivity index (χ1n) is 3.45. The number of rotatable bonds is 3. The van der Waals surface area contributed by atoms with Crippen molar-refractivity contribution < 1.29 is 9.63 Å². The van der Waals surface area contributed by atoms with Crippen LogP contribution in [0.2, 0.25) is 0 Å². The normalized spacial score (nSPS) is 15.5. The van der Waals surface area contributed by atoms with E-state index in [9.17, 15) is 4.79 Å². The zero-order valence-corrected chi connectivity index (χ0v) is 6.02. The van der Waals surface area contributed by atoms with Crippen LogP contribution in [-0.4, -0.2) is 12.5 Å². The number of allylic oxidation sites excluding steroid dienone is 1. The molecule has 0 heterocycles. The van der Waals surface area contributed by atoms with E-state index in [1.54, 1.807) is 0 Å². The molecule has 0 radical (unpaired) electrons. The summed E-state index contributed by atoms with van der Waals surface area (Å²) in [5.41, 5.74) is 3.17. The number of carbonyl (C=O) groups is 1. The highest BCUT2D eigenvalue weighted by molar-refractivity contribution is 5.93. The van der Waals surface area contributed by atoms with Crippen LogP contribution in [0.15, 0.2) is 11.6 Å². The summed E-state index contributed by atoms with van der Waals surface area (Å²) in [6.07, 6.45) is 3.82. The summed E-state index contributed by atoms with van der Waals surface area (Å²) in [6.45, 7) is 2.34. The van der Waals surface area contributed by atoms with E-state index >= 15 is 0 Å². The molecular formula is C7H11NO2. The second kappa shape index (κ2) is 3.37. The van der Waals surface area contributed by atoms with Crippen molar-refractivity contribution in [2.75, 3.05) is 6.61 Å². The molecule has 0 bridgehead atoms. The molecule has 1 aliphatic carbocycles. The van der Waals surface area contributed by atoms with Crippen LogP contribution >= 0.6 is 0 Å². The van der Waals surface area contributed by atoms with Gasteiger partial charge >= 0.3 is 0 Å². The van der Waals surface area contributed by atoms with Gasteiger partial charge in [-0.25, -0.2) is 5.48 Å². The fourth-order valence-corrected chi connectivity index (χ4v) is 0.698. The zero-order valence-electron chi connectivity index (χ0n) is 6.02. The van der Waals surface area contributed by atoms with Crippen molar-refractivity contribution in [1.29, 1.82) is 0 Å². The van der Waals surface area contributed by atoms with Crippen LogP contribution in [0, 0.1) is 0 Å². The maximum Gasteiger partial charge on any atom is 0.270 e. The fraction of sp³-hybridized carbons (Fsp3) is 0.571. The van der Waals surface area contributed by atoms with E-state index in [0.717, 1.165) is 18.4 Å². The highest BCUT2D eigenvalue weighted by atomic mass is 16.6. The number of nitrogens with one attached hydrogen (secondary N) is 1. The zero-order chi connectivity index (χ0) is 7.40. The van der Waals surface area contributed by atoms with Gasteiger partial charge in [-0.1, -0.05) is 6.08 Å². The van der Waals surface area contributed by atoms with Gasteiger partial charge in [0.15, 0.2) is 0 Å². The molecule has 0 aromatic heterocycles. The Morgan fingerprint density at radius 3 is 3.00 bits per heavy atom. The third-order valence-electron chi connectivity index (χ3n) is 1.41. The van der Waals surface area contributed by atoms with E-state index in [2.05, 4.69) is 5.48 Å². The third-order valence-corrected chi connectivity index (χ3v) is 1.41. The molecule has 1 aliphatic rings. The summed E-state index contributed by atoms with van der Waals surface area (Å²) in [7, 11) is 0. The van der Waals surface area contributed by atoms with Crippen molar-refractivity contribution in [3.63, 3.8) is 0 Å². The third kappa shape index (κ3) is 1.57. The van der Waals surface area contributed by atoms with Gasteiger partial charge in [0, 0.05) is 5.57 Å². The Bertz CT molecular complexity index is 163. The number of hydrogen-bond acceptors (Lipinski definition) is 2. The van der Waals surface area contributed by atoms with E-state index in [-0.39, 0.29) is 5.91 Å². The van der Waals surface area contributed by atoms with Crippen LogP contribution in [0.3, 0.4) is 0 Å². The van der Waals surface area contributed by atoms with Crippen molar-refractivity contribution in [3.05, 3.63) is 11.6 Å². The Kier molecular flexibility index (Phi) is 2.45. The van der Waals surface area contributed by atoms with Crippen molar-refractivity contribution in [2.45, 2.75) is 19.8 Å². The first-order valence-corrected chi connectivity index (χ1v) is 3.45. The van der Waals surface area contributed by atoms with Gasteiger partial charge in [0.1, 0.15) is 0 Å². The average Bonchev–Trinajstić information content (AvgIpc) is 1.79. The number of carbonyl (C=O) groups excluding carboxylic acids is 1. The van der Waals surface area contributed by atoms with E-state index in [0.29, 0.717) is 6.61 Å². The summed E-state index contributed by atoms with van der Waals surface area (Å²) in [5, 5.41) is 0. The molecule has 0 fully saturated rings. The van der Waals surface area contributed by atoms with Crippen molar-refractivity contribution in [3.8, 4) is 0 Å². The van der Waals surface area contributed by atoms with Crippen LogP contribution < -0.4 is 5.48 Å². The highest BCUT2D eigenvalue weighted by Gasteiger charge is 2.13. The van der Waals surface area contributed by atoms with E-state index < -0.39 is 0 Å². The van der Waals surface area contributed by atoms with Crippen LogP contribution in [-0.2, 0) is 9.63 Å². The number of hydrogen-bond donors (Lipinski definition) is 1. The quantitative estimate of drug-likeness (QED) is 0.590. The van der Waals surface area contributed by atoms with Crippen LogP contribution in [0.25, 0.3) is 0 Å². The maximum atomic E-state index is 10.9. The summed E-state index contributed by atoms with van der Waals surface area (Å²) >= 11 is 0. The standard InChI is InChI=1S/C7H11NO2/c1-2-10-8-7(9)6-4-3-5-6/h4H,2-3,5H2,1H3,(H,8,9). The molecule has 0 aromatic rings. The van der Waals surface area contributed by atoms with Gasteiger partial charge < -0.3 is 0 Å². The molecule has 0 saturated carbocycles. The molecule has 56 valence electrons. The van der Waals surface area contributed by atoms with Crippen molar-refractivity contribution in [1.82, 2.24) is 5.48 Å². The van der Waals surface area contributed by atoms with E-state index in [1.165, 1.54) is 0 Å². The van der Waals surface area contributed by atoms with Gasteiger partial charge in [-0.05, 0) is 19.8 Å². The molecule has 0 spiro atoms. The predicted molar refractivity (Wildman–Crippen MR) is 37.1 cm³/mol. The average molecular weight is 141 g/mol. The Morgan fingerprint density at radius 1 is 1.90 bits per heavy atom. The monoisotopic (exact) mass is 141 g/mol. The summed E-state index contributed by atoms with van der Waals surface area (Å²) in [5.74, 6) is -0.0897. The lowest BCUT2D eigenvalue weighted by Gasteiger charge is -2.12. The Morgan fingerprint density at radius 2 is 2.60 bits per heavy atom. The number of amides is 1. The molecule has 1 rings (SSSR count). The largest absolute Gasteiger partial charge is 0.274 e. The lowest BCUT2D eigenvalue weighted by molar-refractivity contribution is -0.129. The van der Waals surface area contributed by atoms with E-state index in [1.807, 2.05) is 13.0 Å². The minimum Gasteiger partial charge on any atom is -0.274 e. The topological polar surface area (TPSA) is 38.3 Å². The SMILES string of the molecule is CCONC(=O)C1=CCC1. The highest BCUT2D eigenvalue weighted by Crippen LogP contribution is 2.17. The molecular weight excluding hydrogens is 130 g/mol. The fourth-order valence-electron chi connectivity index (χ4n) is 0.698. The second-order valence-corrected chi connectivity index (χ2v) is 2.13. The summed E-state index contributed by atoms with van der Waals surface area (Å²) in [4.78, 5) is 15.6.